The van der Waals surface area contributed by atoms with Crippen molar-refractivity contribution in [3.63, 3.8) is 0 Å². The van der Waals surface area contributed by atoms with Crippen LogP contribution in [0.5, 0.6) is 0 Å². The molecule has 0 rings (SSSR count). The van der Waals surface area contributed by atoms with Crippen molar-refractivity contribution in [2.24, 2.45) is 10.4 Å². The van der Waals surface area contributed by atoms with Crippen LogP contribution in [0.25, 0.3) is 0 Å². The number of nitrogens with one attached hydrogen (secondary N) is 1. The summed E-state index contributed by atoms with van der Waals surface area (Å²) in [4.78, 5) is 3.95. The second-order valence-electron chi connectivity index (χ2n) is 3.23. The highest BCUT2D eigenvalue weighted by Gasteiger charge is 2.14. The summed E-state index contributed by atoms with van der Waals surface area (Å²) >= 11 is 1.52. The molecule has 0 radical (unpaired) electrons. The van der Waals surface area contributed by atoms with Crippen LogP contribution in [0.4, 0.5) is 0 Å². The first kappa shape index (κ1) is 10.7. The van der Waals surface area contributed by atoms with Gasteiger partial charge in [0.2, 0.25) is 0 Å². The van der Waals surface area contributed by atoms with Crippen LogP contribution in [-0.2, 0) is 0 Å². The zero-order chi connectivity index (χ0) is 8.91. The zero-order valence-corrected chi connectivity index (χ0v) is 8.46. The summed E-state index contributed by atoms with van der Waals surface area (Å²) in [5.41, 5.74) is 1.10. The van der Waals surface area contributed by atoms with Gasteiger partial charge in [-0.15, -0.1) is 0 Å². The van der Waals surface area contributed by atoms with Crippen LogP contribution in [0.3, 0.4) is 0 Å². The van der Waals surface area contributed by atoms with Gasteiger partial charge in [-0.1, -0.05) is 32.7 Å². The molecular weight excluding hydrogens is 156 g/mol. The van der Waals surface area contributed by atoms with Gasteiger partial charge in [-0.05, 0) is 13.8 Å². The van der Waals surface area contributed by atoms with E-state index in [1.54, 1.807) is 0 Å². The molecule has 0 unspecified atom stereocenters. The van der Waals surface area contributed by atoms with E-state index in [2.05, 4.69) is 37.2 Å². The fourth-order valence-electron chi connectivity index (χ4n) is 0.566. The minimum atomic E-state index is 0.0889. The Morgan fingerprint density at radius 3 is 2.36 bits per heavy atom. The Morgan fingerprint density at radius 1 is 1.55 bits per heavy atom. The number of aliphatic imine (C=N–C) groups is 1. The summed E-state index contributed by atoms with van der Waals surface area (Å²) in [6.45, 7) is 9.87. The lowest BCUT2D eigenvalue weighted by Gasteiger charge is -2.18. The molecule has 3 heteroatoms. The molecule has 0 aromatic carbocycles. The van der Waals surface area contributed by atoms with Crippen LogP contribution in [0.1, 0.15) is 20.8 Å². The first-order valence-corrected chi connectivity index (χ1v) is 4.40. The smallest absolute Gasteiger partial charge is 0.0525 e. The van der Waals surface area contributed by atoms with E-state index in [0.717, 1.165) is 5.70 Å². The third-order valence-corrected chi connectivity index (χ3v) is 1.80. The van der Waals surface area contributed by atoms with Crippen molar-refractivity contribution in [1.82, 2.24) is 4.72 Å². The molecule has 0 aliphatic heterocycles. The van der Waals surface area contributed by atoms with Crippen molar-refractivity contribution in [2.75, 3.05) is 7.05 Å². The maximum absolute atomic E-state index is 3.95. The zero-order valence-electron chi connectivity index (χ0n) is 7.64. The third-order valence-electron chi connectivity index (χ3n) is 1.23. The van der Waals surface area contributed by atoms with Crippen LogP contribution in [0.2, 0.25) is 0 Å². The summed E-state index contributed by atoms with van der Waals surface area (Å²) in [5.74, 6) is 0. The molecule has 64 valence electrons. The molecule has 1 N–H and O–H groups in total. The van der Waals surface area contributed by atoms with E-state index in [-0.39, 0.29) is 5.41 Å². The fraction of sp³-hybridized carbons (Fsp3) is 0.625. The molecule has 0 saturated heterocycles. The lowest BCUT2D eigenvalue weighted by atomic mass is 9.93. The highest BCUT2D eigenvalue weighted by molar-refractivity contribution is 8.00. The Morgan fingerprint density at radius 2 is 2.09 bits per heavy atom. The van der Waals surface area contributed by atoms with Gasteiger partial charge in [0.25, 0.3) is 0 Å². The number of nitrogens with zero attached hydrogens (tertiary/aromatic N) is 1. The SMILES string of the molecule is C=N/C(=C\SNC)C(C)(C)C. The van der Waals surface area contributed by atoms with Crippen LogP contribution in [0.15, 0.2) is 16.1 Å². The second-order valence-corrected chi connectivity index (χ2v) is 4.11. The summed E-state index contributed by atoms with van der Waals surface area (Å²) in [7, 11) is 1.88. The minimum Gasteiger partial charge on any atom is -0.268 e. The lowest BCUT2D eigenvalue weighted by Crippen LogP contribution is -2.07. The highest BCUT2D eigenvalue weighted by Crippen LogP contribution is 2.27. The Bertz CT molecular complexity index is 156. The van der Waals surface area contributed by atoms with Crippen molar-refractivity contribution in [3.8, 4) is 0 Å². The van der Waals surface area contributed by atoms with Crippen LogP contribution < -0.4 is 4.72 Å². The van der Waals surface area contributed by atoms with Crippen LogP contribution in [0, 0.1) is 5.41 Å². The van der Waals surface area contributed by atoms with Gasteiger partial charge in [-0.25, -0.2) is 0 Å². The number of rotatable bonds is 3. The quantitative estimate of drug-likeness (QED) is 0.522. The molecule has 11 heavy (non-hydrogen) atoms. The maximum atomic E-state index is 3.95. The van der Waals surface area contributed by atoms with Gasteiger partial charge in [0.15, 0.2) is 0 Å². The van der Waals surface area contributed by atoms with Crippen molar-refractivity contribution < 1.29 is 0 Å². The maximum Gasteiger partial charge on any atom is 0.0525 e. The van der Waals surface area contributed by atoms with Crippen molar-refractivity contribution in [3.05, 3.63) is 11.1 Å². The topological polar surface area (TPSA) is 24.4 Å². The van der Waals surface area contributed by atoms with Gasteiger partial charge in [0, 0.05) is 10.8 Å². The Labute approximate surface area is 73.3 Å². The minimum absolute atomic E-state index is 0.0889. The van der Waals surface area contributed by atoms with E-state index >= 15 is 0 Å². The molecule has 0 fully saturated rings. The van der Waals surface area contributed by atoms with Gasteiger partial charge >= 0.3 is 0 Å². The van der Waals surface area contributed by atoms with E-state index in [0.29, 0.717) is 0 Å². The normalized spacial score (nSPS) is 13.3. The lowest BCUT2D eigenvalue weighted by molar-refractivity contribution is 0.500. The van der Waals surface area contributed by atoms with E-state index in [1.807, 2.05) is 12.5 Å². The fourth-order valence-corrected chi connectivity index (χ4v) is 1.22. The molecule has 0 aromatic rings. The number of allylic oxidation sites excluding steroid dienone is 1. The highest BCUT2D eigenvalue weighted by atomic mass is 32.2. The Kier molecular flexibility index (Phi) is 4.45. The molecule has 2 nitrogen and oxygen atoms in total. The van der Waals surface area contributed by atoms with E-state index in [9.17, 15) is 0 Å². The number of hydrogen-bond acceptors (Lipinski definition) is 3. The summed E-state index contributed by atoms with van der Waals surface area (Å²) in [6, 6.07) is 0. The van der Waals surface area contributed by atoms with E-state index in [4.69, 9.17) is 0 Å². The average Bonchev–Trinajstić information content (AvgIpc) is 1.87. The molecule has 0 spiro atoms. The summed E-state index contributed by atoms with van der Waals surface area (Å²) in [5, 5.41) is 1.98. The van der Waals surface area contributed by atoms with Crippen molar-refractivity contribution in [2.45, 2.75) is 20.8 Å². The van der Waals surface area contributed by atoms with Gasteiger partial charge in [0.05, 0.1) is 5.70 Å². The summed E-state index contributed by atoms with van der Waals surface area (Å²) in [6.07, 6.45) is 0. The summed E-state index contributed by atoms with van der Waals surface area (Å²) < 4.78 is 2.96. The van der Waals surface area contributed by atoms with Crippen LogP contribution >= 0.6 is 11.9 Å². The predicted octanol–water partition coefficient (Wildman–Crippen LogP) is 2.44. The second kappa shape index (κ2) is 4.57. The molecule has 0 amide bonds. The molecular formula is C8H16N2S. The molecule has 0 aromatic heterocycles. The van der Waals surface area contributed by atoms with Gasteiger partial charge in [-0.2, -0.15) is 0 Å². The molecule has 0 aliphatic carbocycles. The molecule has 0 saturated carbocycles. The number of hydrogen-bond donors (Lipinski definition) is 1. The van der Waals surface area contributed by atoms with Crippen LogP contribution in [-0.4, -0.2) is 13.8 Å². The van der Waals surface area contributed by atoms with Gasteiger partial charge in [0.1, 0.15) is 0 Å². The Hall–Kier alpha value is -0.280. The predicted molar refractivity (Wildman–Crippen MR) is 53.7 cm³/mol. The molecule has 0 bridgehead atoms. The largest absolute Gasteiger partial charge is 0.268 e. The first-order valence-electron chi connectivity index (χ1n) is 3.52. The Balaban J connectivity index is 4.27. The van der Waals surface area contributed by atoms with E-state index < -0.39 is 0 Å². The average molecular weight is 172 g/mol. The van der Waals surface area contributed by atoms with Gasteiger partial charge < -0.3 is 0 Å². The standard InChI is InChI=1S/C8H16N2S/c1-8(2,3)7(9-4)6-11-10-5/h6,10H,4H2,1-3,5H3/b7-6-. The third kappa shape index (κ3) is 4.22. The first-order chi connectivity index (χ1) is 5.02. The van der Waals surface area contributed by atoms with Crippen molar-refractivity contribution >= 4 is 18.7 Å². The van der Waals surface area contributed by atoms with E-state index in [1.165, 1.54) is 11.9 Å². The monoisotopic (exact) mass is 172 g/mol. The molecule has 0 heterocycles. The van der Waals surface area contributed by atoms with Gasteiger partial charge in [-0.3, -0.25) is 9.71 Å². The van der Waals surface area contributed by atoms with Crippen molar-refractivity contribution in [1.29, 1.82) is 0 Å². The molecule has 0 aliphatic rings. The molecule has 0 atom stereocenters.